The maximum atomic E-state index is 10.4. The van der Waals surface area contributed by atoms with Crippen molar-refractivity contribution in [2.75, 3.05) is 6.54 Å². The standard InChI is InChI=1S/C26H29N3O3/c1-3-21(30)17-29(18-23-15-10-16-31-23)19-24-25(20-11-6-4-7-12-20)27-28(2)26(24)32-22-13-8-5-9-14-22/h4-16,21,30H,3,17-19H2,1-2H3/t21-/m0/s1. The van der Waals surface area contributed by atoms with Crippen molar-refractivity contribution >= 4 is 0 Å². The van der Waals surface area contributed by atoms with Crippen molar-refractivity contribution < 1.29 is 14.3 Å². The molecule has 2 aromatic carbocycles. The van der Waals surface area contributed by atoms with E-state index in [2.05, 4.69) is 17.0 Å². The summed E-state index contributed by atoms with van der Waals surface area (Å²) in [5.41, 5.74) is 2.86. The number of furan rings is 1. The molecule has 1 N–H and O–H groups in total. The molecule has 4 rings (SSSR count). The van der Waals surface area contributed by atoms with Gasteiger partial charge in [-0.2, -0.15) is 5.10 Å². The Morgan fingerprint density at radius 3 is 2.38 bits per heavy atom. The van der Waals surface area contributed by atoms with Gasteiger partial charge in [-0.15, -0.1) is 0 Å². The van der Waals surface area contributed by atoms with Crippen molar-refractivity contribution in [1.29, 1.82) is 0 Å². The van der Waals surface area contributed by atoms with Gasteiger partial charge in [-0.3, -0.25) is 4.90 Å². The molecule has 2 heterocycles. The van der Waals surface area contributed by atoms with Crippen LogP contribution in [0, 0.1) is 0 Å². The Morgan fingerprint density at radius 1 is 1.00 bits per heavy atom. The molecule has 0 fully saturated rings. The van der Waals surface area contributed by atoms with Crippen LogP contribution >= 0.6 is 0 Å². The summed E-state index contributed by atoms with van der Waals surface area (Å²) in [7, 11) is 1.89. The number of aryl methyl sites for hydroxylation is 1. The Hall–Kier alpha value is -3.35. The van der Waals surface area contributed by atoms with Crippen LogP contribution in [0.1, 0.15) is 24.7 Å². The van der Waals surface area contributed by atoms with Crippen LogP contribution < -0.4 is 4.74 Å². The topological polar surface area (TPSA) is 63.7 Å². The van der Waals surface area contributed by atoms with Crippen molar-refractivity contribution in [3.8, 4) is 22.9 Å². The van der Waals surface area contributed by atoms with E-state index in [1.165, 1.54) is 0 Å². The van der Waals surface area contributed by atoms with E-state index in [1.807, 2.05) is 74.6 Å². The molecule has 0 bridgehead atoms. The highest BCUT2D eigenvalue weighted by atomic mass is 16.5. The zero-order chi connectivity index (χ0) is 22.3. The van der Waals surface area contributed by atoms with Gasteiger partial charge in [-0.05, 0) is 30.7 Å². The summed E-state index contributed by atoms with van der Waals surface area (Å²) in [4.78, 5) is 2.17. The lowest BCUT2D eigenvalue weighted by Gasteiger charge is -2.24. The summed E-state index contributed by atoms with van der Waals surface area (Å²) in [5.74, 6) is 2.29. The highest BCUT2D eigenvalue weighted by Crippen LogP contribution is 2.34. The van der Waals surface area contributed by atoms with Crippen LogP contribution in [0.4, 0.5) is 0 Å². The molecular formula is C26H29N3O3. The monoisotopic (exact) mass is 431 g/mol. The lowest BCUT2D eigenvalue weighted by molar-refractivity contribution is 0.0970. The van der Waals surface area contributed by atoms with Crippen molar-refractivity contribution in [1.82, 2.24) is 14.7 Å². The van der Waals surface area contributed by atoms with Gasteiger partial charge < -0.3 is 14.3 Å². The minimum atomic E-state index is -0.430. The fraction of sp³-hybridized carbons (Fsp3) is 0.269. The zero-order valence-electron chi connectivity index (χ0n) is 18.5. The van der Waals surface area contributed by atoms with Gasteiger partial charge in [-0.25, -0.2) is 4.68 Å². The number of ether oxygens (including phenoxy) is 1. The van der Waals surface area contributed by atoms with Gasteiger partial charge in [-0.1, -0.05) is 55.5 Å². The predicted molar refractivity (Wildman–Crippen MR) is 124 cm³/mol. The summed E-state index contributed by atoms with van der Waals surface area (Å²) in [6.45, 7) is 3.64. The minimum Gasteiger partial charge on any atom is -0.468 e. The quantitative estimate of drug-likeness (QED) is 0.372. The van der Waals surface area contributed by atoms with E-state index in [-0.39, 0.29) is 0 Å². The molecule has 32 heavy (non-hydrogen) atoms. The molecule has 0 spiro atoms. The van der Waals surface area contributed by atoms with E-state index < -0.39 is 6.10 Å². The van der Waals surface area contributed by atoms with Crippen LogP contribution in [0.5, 0.6) is 11.6 Å². The molecule has 0 saturated carbocycles. The number of rotatable bonds is 10. The normalized spacial score (nSPS) is 12.2. The first-order valence-corrected chi connectivity index (χ1v) is 10.9. The smallest absolute Gasteiger partial charge is 0.222 e. The van der Waals surface area contributed by atoms with E-state index >= 15 is 0 Å². The Kier molecular flexibility index (Phi) is 7.04. The molecule has 1 atom stereocenters. The van der Waals surface area contributed by atoms with E-state index in [9.17, 15) is 5.11 Å². The number of hydrogen-bond donors (Lipinski definition) is 1. The van der Waals surface area contributed by atoms with Crippen LogP contribution in [-0.4, -0.2) is 32.4 Å². The number of aromatic nitrogens is 2. The molecule has 0 saturated heterocycles. The highest BCUT2D eigenvalue weighted by molar-refractivity contribution is 5.65. The SMILES string of the molecule is CC[C@H](O)CN(Cc1ccco1)Cc1c(-c2ccccc2)nn(C)c1Oc1ccccc1. The molecule has 0 radical (unpaired) electrons. The molecule has 0 aliphatic carbocycles. The maximum absolute atomic E-state index is 10.4. The predicted octanol–water partition coefficient (Wildman–Crippen LogP) is 5.25. The Labute approximate surface area is 188 Å². The van der Waals surface area contributed by atoms with Crippen molar-refractivity contribution in [2.24, 2.45) is 7.05 Å². The minimum absolute atomic E-state index is 0.430. The van der Waals surface area contributed by atoms with Crippen LogP contribution in [0.2, 0.25) is 0 Å². The Morgan fingerprint density at radius 2 is 1.72 bits per heavy atom. The van der Waals surface area contributed by atoms with Gasteiger partial charge in [0.15, 0.2) is 0 Å². The lowest BCUT2D eigenvalue weighted by atomic mass is 10.1. The molecule has 2 aromatic heterocycles. The second kappa shape index (κ2) is 10.3. The van der Waals surface area contributed by atoms with Gasteiger partial charge in [0.1, 0.15) is 17.2 Å². The zero-order valence-corrected chi connectivity index (χ0v) is 18.5. The summed E-state index contributed by atoms with van der Waals surface area (Å²) < 4.78 is 13.7. The number of aliphatic hydroxyl groups is 1. The van der Waals surface area contributed by atoms with Crippen LogP contribution in [-0.2, 0) is 20.1 Å². The van der Waals surface area contributed by atoms with Crippen molar-refractivity contribution in [3.05, 3.63) is 90.4 Å². The fourth-order valence-corrected chi connectivity index (χ4v) is 3.71. The van der Waals surface area contributed by atoms with Gasteiger partial charge in [0.25, 0.3) is 0 Å². The first kappa shape index (κ1) is 21.9. The molecule has 0 aliphatic rings. The molecule has 6 nitrogen and oxygen atoms in total. The summed E-state index contributed by atoms with van der Waals surface area (Å²) in [6, 6.07) is 23.7. The third kappa shape index (κ3) is 5.28. The molecule has 166 valence electrons. The third-order valence-electron chi connectivity index (χ3n) is 5.37. The van der Waals surface area contributed by atoms with Gasteiger partial charge in [0.05, 0.1) is 24.5 Å². The Balaban J connectivity index is 1.72. The van der Waals surface area contributed by atoms with Crippen molar-refractivity contribution in [2.45, 2.75) is 32.5 Å². The van der Waals surface area contributed by atoms with E-state index in [4.69, 9.17) is 14.3 Å². The van der Waals surface area contributed by atoms with Crippen LogP contribution in [0.15, 0.2) is 83.5 Å². The lowest BCUT2D eigenvalue weighted by Crippen LogP contribution is -2.31. The third-order valence-corrected chi connectivity index (χ3v) is 5.37. The number of aliphatic hydroxyl groups excluding tert-OH is 1. The Bertz CT molecular complexity index is 1090. The maximum Gasteiger partial charge on any atom is 0.222 e. The number of hydrogen-bond acceptors (Lipinski definition) is 5. The molecular weight excluding hydrogens is 402 g/mol. The van der Waals surface area contributed by atoms with E-state index in [0.29, 0.717) is 31.9 Å². The van der Waals surface area contributed by atoms with Gasteiger partial charge in [0.2, 0.25) is 5.88 Å². The van der Waals surface area contributed by atoms with Crippen LogP contribution in [0.3, 0.4) is 0 Å². The summed E-state index contributed by atoms with van der Waals surface area (Å²) >= 11 is 0. The molecule has 6 heteroatoms. The second-order valence-corrected chi connectivity index (χ2v) is 7.85. The average molecular weight is 432 g/mol. The molecule has 0 aliphatic heterocycles. The average Bonchev–Trinajstić information content (AvgIpc) is 3.44. The van der Waals surface area contributed by atoms with Crippen molar-refractivity contribution in [3.63, 3.8) is 0 Å². The van der Waals surface area contributed by atoms with E-state index in [1.54, 1.807) is 10.9 Å². The molecule has 0 unspecified atom stereocenters. The summed E-state index contributed by atoms with van der Waals surface area (Å²) in [5, 5.41) is 15.2. The number of para-hydroxylation sites is 1. The van der Waals surface area contributed by atoms with E-state index in [0.717, 1.165) is 28.3 Å². The first-order chi connectivity index (χ1) is 15.6. The number of benzene rings is 2. The van der Waals surface area contributed by atoms with Crippen LogP contribution in [0.25, 0.3) is 11.3 Å². The molecule has 0 amide bonds. The van der Waals surface area contributed by atoms with Gasteiger partial charge >= 0.3 is 0 Å². The van der Waals surface area contributed by atoms with Gasteiger partial charge in [0, 0.05) is 25.7 Å². The second-order valence-electron chi connectivity index (χ2n) is 7.85. The number of nitrogens with zero attached hydrogens (tertiary/aromatic N) is 3. The fourth-order valence-electron chi connectivity index (χ4n) is 3.71. The summed E-state index contributed by atoms with van der Waals surface area (Å²) in [6.07, 6.45) is 1.92. The highest BCUT2D eigenvalue weighted by Gasteiger charge is 2.23. The largest absolute Gasteiger partial charge is 0.468 e. The molecule has 4 aromatic rings. The first-order valence-electron chi connectivity index (χ1n) is 10.9.